The summed E-state index contributed by atoms with van der Waals surface area (Å²) in [6.45, 7) is 2.18. The number of carboxylic acids is 1. The Labute approximate surface area is 171 Å². The first-order chi connectivity index (χ1) is 13.9. The van der Waals surface area contributed by atoms with E-state index in [1.54, 1.807) is 6.20 Å². The van der Waals surface area contributed by atoms with Crippen LogP contribution < -0.4 is 10.6 Å². The van der Waals surface area contributed by atoms with E-state index in [0.29, 0.717) is 5.69 Å². The lowest BCUT2D eigenvalue weighted by molar-refractivity contribution is -0.112. The van der Waals surface area contributed by atoms with Crippen LogP contribution in [0.25, 0.3) is 0 Å². The Morgan fingerprint density at radius 2 is 1.69 bits per heavy atom. The Kier molecular flexibility index (Phi) is 5.08. The molecule has 0 radical (unpaired) electrons. The Morgan fingerprint density at radius 1 is 1.14 bits per heavy atom. The van der Waals surface area contributed by atoms with Gasteiger partial charge >= 0.3 is 5.97 Å². The number of anilines is 1. The summed E-state index contributed by atoms with van der Waals surface area (Å²) in [4.78, 5) is 23.4. The van der Waals surface area contributed by atoms with Gasteiger partial charge in [0.1, 0.15) is 11.6 Å². The molecule has 4 saturated carbocycles. The normalized spacial score (nSPS) is 31.0. The summed E-state index contributed by atoms with van der Waals surface area (Å²) in [7, 11) is 0. The molecule has 0 spiro atoms. The fourth-order valence-corrected chi connectivity index (χ4v) is 6.14. The van der Waals surface area contributed by atoms with Gasteiger partial charge in [0.25, 0.3) is 5.91 Å². The maximum Gasteiger partial charge on any atom is 0.335 e. The zero-order chi connectivity index (χ0) is 20.6. The summed E-state index contributed by atoms with van der Waals surface area (Å²) in [5.74, 6) is 1.02. The number of rotatable bonds is 6. The average molecular weight is 393 g/mol. The molecule has 0 saturated heterocycles. The third kappa shape index (κ3) is 3.87. The van der Waals surface area contributed by atoms with Crippen LogP contribution in [0.15, 0.2) is 36.0 Å². The summed E-state index contributed by atoms with van der Waals surface area (Å²) in [6, 6.07) is 8.06. The Morgan fingerprint density at radius 3 is 2.17 bits per heavy atom. The minimum atomic E-state index is -1.02. The van der Waals surface area contributed by atoms with Crippen LogP contribution >= 0.6 is 0 Å². The quantitative estimate of drug-likeness (QED) is 0.502. The Bertz CT molecular complexity index is 846. The highest BCUT2D eigenvalue weighted by Gasteiger charge is 2.53. The number of amides is 1. The van der Waals surface area contributed by atoms with Crippen LogP contribution in [-0.2, 0) is 4.79 Å². The molecular formula is C23H27N3O3. The minimum Gasteiger partial charge on any atom is -0.478 e. The fraction of sp³-hybridized carbons (Fsp3) is 0.522. The molecule has 4 fully saturated rings. The second-order valence-electron chi connectivity index (χ2n) is 9.17. The molecule has 0 aromatic heterocycles. The van der Waals surface area contributed by atoms with E-state index < -0.39 is 11.9 Å². The topological polar surface area (TPSA) is 102 Å². The first-order valence-electron chi connectivity index (χ1n) is 10.4. The maximum atomic E-state index is 12.5. The summed E-state index contributed by atoms with van der Waals surface area (Å²) >= 11 is 0. The van der Waals surface area contributed by atoms with Crippen LogP contribution in [0, 0.1) is 34.5 Å². The van der Waals surface area contributed by atoms with E-state index in [9.17, 15) is 14.9 Å². The summed E-state index contributed by atoms with van der Waals surface area (Å²) in [5.41, 5.74) is 0.902. The number of benzene rings is 1. The number of nitrogens with zero attached hydrogens (tertiary/aromatic N) is 1. The molecule has 3 N–H and O–H groups in total. The molecular weight excluding hydrogens is 366 g/mol. The molecule has 1 unspecified atom stereocenters. The number of carbonyl (C=O) groups is 2. The minimum absolute atomic E-state index is 0.0175. The van der Waals surface area contributed by atoms with Gasteiger partial charge in [0.05, 0.1) is 5.56 Å². The van der Waals surface area contributed by atoms with Crippen LogP contribution in [0.3, 0.4) is 0 Å². The lowest BCUT2D eigenvalue weighted by atomic mass is 9.48. The van der Waals surface area contributed by atoms with E-state index in [1.807, 2.05) is 6.07 Å². The lowest BCUT2D eigenvalue weighted by Gasteiger charge is -2.59. The summed E-state index contributed by atoms with van der Waals surface area (Å²) < 4.78 is 0. The molecule has 1 amide bonds. The second kappa shape index (κ2) is 7.55. The van der Waals surface area contributed by atoms with Crippen molar-refractivity contribution in [3.63, 3.8) is 0 Å². The molecule has 4 bridgehead atoms. The molecule has 1 aromatic rings. The zero-order valence-corrected chi connectivity index (χ0v) is 16.6. The van der Waals surface area contributed by atoms with Crippen LogP contribution in [-0.4, -0.2) is 23.0 Å². The molecule has 152 valence electrons. The second-order valence-corrected chi connectivity index (χ2v) is 9.17. The average Bonchev–Trinajstić information content (AvgIpc) is 2.67. The lowest BCUT2D eigenvalue weighted by Crippen LogP contribution is -2.54. The van der Waals surface area contributed by atoms with E-state index >= 15 is 0 Å². The van der Waals surface area contributed by atoms with Crippen molar-refractivity contribution in [3.8, 4) is 6.07 Å². The molecule has 0 heterocycles. The van der Waals surface area contributed by atoms with Gasteiger partial charge in [-0.1, -0.05) is 0 Å². The number of hydrogen-bond acceptors (Lipinski definition) is 4. The zero-order valence-electron chi connectivity index (χ0n) is 16.6. The molecule has 29 heavy (non-hydrogen) atoms. The summed E-state index contributed by atoms with van der Waals surface area (Å²) in [5, 5.41) is 24.4. The third-order valence-corrected chi connectivity index (χ3v) is 7.24. The van der Waals surface area contributed by atoms with Gasteiger partial charge in [-0.2, -0.15) is 5.26 Å². The molecule has 1 aromatic carbocycles. The predicted octanol–water partition coefficient (Wildman–Crippen LogP) is 3.93. The van der Waals surface area contributed by atoms with Crippen molar-refractivity contribution < 1.29 is 14.7 Å². The van der Waals surface area contributed by atoms with Crippen molar-refractivity contribution in [2.75, 3.05) is 5.32 Å². The van der Waals surface area contributed by atoms with E-state index in [-0.39, 0.29) is 22.6 Å². The van der Waals surface area contributed by atoms with Crippen molar-refractivity contribution in [1.82, 2.24) is 5.32 Å². The number of nitrogens with one attached hydrogen (secondary N) is 2. The standard InChI is InChI=1S/C23H27N3O3/c1-14(23-9-15-6-16(10-23)8-17(7-15)11-23)25-13-19(12-24)21(27)26-20-4-2-18(3-5-20)22(28)29/h2-5,13-17,25H,6-11H2,1H3,(H,26,27)(H,28,29)/b19-13-. The van der Waals surface area contributed by atoms with Gasteiger partial charge < -0.3 is 15.7 Å². The number of hydrogen-bond donors (Lipinski definition) is 3. The van der Waals surface area contributed by atoms with E-state index in [2.05, 4.69) is 17.6 Å². The van der Waals surface area contributed by atoms with Crippen LogP contribution in [0.5, 0.6) is 0 Å². The molecule has 4 aliphatic rings. The smallest absolute Gasteiger partial charge is 0.335 e. The van der Waals surface area contributed by atoms with Gasteiger partial charge in [0.2, 0.25) is 0 Å². The predicted molar refractivity (Wildman–Crippen MR) is 109 cm³/mol. The SMILES string of the molecule is CC(N/C=C(/C#N)C(=O)Nc1ccc(C(=O)O)cc1)C12CC3CC(CC(C3)C1)C2. The number of carbonyl (C=O) groups excluding carboxylic acids is 1. The molecule has 6 nitrogen and oxygen atoms in total. The highest BCUT2D eigenvalue weighted by atomic mass is 16.4. The van der Waals surface area contributed by atoms with E-state index in [4.69, 9.17) is 5.11 Å². The highest BCUT2D eigenvalue weighted by Crippen LogP contribution is 2.61. The van der Waals surface area contributed by atoms with Gasteiger partial charge in [0, 0.05) is 17.9 Å². The monoisotopic (exact) mass is 393 g/mol. The van der Waals surface area contributed by atoms with Crippen molar-refractivity contribution in [2.45, 2.75) is 51.5 Å². The van der Waals surface area contributed by atoms with Crippen molar-refractivity contribution in [1.29, 1.82) is 5.26 Å². The van der Waals surface area contributed by atoms with Gasteiger partial charge in [-0.3, -0.25) is 4.79 Å². The first kappa shape index (κ1) is 19.5. The fourth-order valence-electron chi connectivity index (χ4n) is 6.14. The van der Waals surface area contributed by atoms with Crippen LogP contribution in [0.2, 0.25) is 0 Å². The highest BCUT2D eigenvalue weighted by molar-refractivity contribution is 6.06. The van der Waals surface area contributed by atoms with Gasteiger partial charge in [0.15, 0.2) is 0 Å². The molecule has 1 atom stereocenters. The first-order valence-corrected chi connectivity index (χ1v) is 10.4. The molecule has 6 heteroatoms. The van der Waals surface area contributed by atoms with Gasteiger partial charge in [-0.05, 0) is 92.9 Å². The molecule has 0 aliphatic heterocycles. The largest absolute Gasteiger partial charge is 0.478 e. The third-order valence-electron chi connectivity index (χ3n) is 7.24. The van der Waals surface area contributed by atoms with E-state index in [0.717, 1.165) is 17.8 Å². The van der Waals surface area contributed by atoms with Crippen molar-refractivity contribution >= 4 is 17.6 Å². The summed E-state index contributed by atoms with van der Waals surface area (Å²) in [6.07, 6.45) is 9.46. The Balaban J connectivity index is 1.40. The number of nitriles is 1. The van der Waals surface area contributed by atoms with E-state index in [1.165, 1.54) is 62.8 Å². The van der Waals surface area contributed by atoms with Crippen LogP contribution in [0.1, 0.15) is 55.8 Å². The van der Waals surface area contributed by atoms with Gasteiger partial charge in [-0.25, -0.2) is 4.79 Å². The molecule has 5 rings (SSSR count). The number of aromatic carboxylic acids is 1. The number of carboxylic acid groups (broad SMARTS) is 1. The van der Waals surface area contributed by atoms with Crippen molar-refractivity contribution in [2.24, 2.45) is 23.2 Å². The van der Waals surface area contributed by atoms with Crippen molar-refractivity contribution in [3.05, 3.63) is 41.6 Å². The maximum absolute atomic E-state index is 12.5. The van der Waals surface area contributed by atoms with Crippen LogP contribution in [0.4, 0.5) is 5.69 Å². The molecule has 4 aliphatic carbocycles. The Hall–Kier alpha value is -2.81. The van der Waals surface area contributed by atoms with Gasteiger partial charge in [-0.15, -0.1) is 0 Å².